The summed E-state index contributed by atoms with van der Waals surface area (Å²) in [6.07, 6.45) is 8.87. The minimum atomic E-state index is -0.159. The fourth-order valence-electron chi connectivity index (χ4n) is 5.73. The van der Waals surface area contributed by atoms with Crippen molar-refractivity contribution in [2.45, 2.75) is 75.6 Å². The monoisotopic (exact) mass is 630 g/mol. The Kier molecular flexibility index (Phi) is 12.3. The van der Waals surface area contributed by atoms with Crippen molar-refractivity contribution in [2.24, 2.45) is 0 Å². The van der Waals surface area contributed by atoms with E-state index >= 15 is 0 Å². The van der Waals surface area contributed by atoms with Gasteiger partial charge in [0.2, 0.25) is 11.8 Å². The molecular formula is C32H43ClN4O5S. The second-order valence-corrected chi connectivity index (χ2v) is 12.7. The second-order valence-electron chi connectivity index (χ2n) is 11.1. The lowest BCUT2D eigenvalue weighted by Crippen LogP contribution is -2.36. The smallest absolute Gasteiger partial charge is 0.315 e. The molecule has 2 unspecified atom stereocenters. The summed E-state index contributed by atoms with van der Waals surface area (Å²) in [5, 5.41) is 14.5. The highest BCUT2D eigenvalue weighted by atomic mass is 35.5. The van der Waals surface area contributed by atoms with Crippen molar-refractivity contribution in [1.82, 2.24) is 21.3 Å². The number of urea groups is 1. The minimum Gasteiger partial charge on any atom is -0.495 e. The van der Waals surface area contributed by atoms with Crippen LogP contribution in [0.5, 0.6) is 11.5 Å². The van der Waals surface area contributed by atoms with Crippen LogP contribution in [0.15, 0.2) is 29.8 Å². The standard InChI is InChI=1S/C32H43ClN4O5S/c1-20(18-23-27(33)30(42-3)22-13-7-6-12-21(22)29(23)41-2)31(39)35-17-11-5-4-10-16-34-26(38)15-9-8-14-25-28-24(19-43-25)36-32(40)37-28/h6-7,12-13,18,24-25,28H,4-5,8-11,14-17,19H2,1-3H3,(H,34,38)(H,35,39)(H2,36,37,40)/b20-18+/t24?,25?,28-/m0/s1. The SMILES string of the molecule is COc1c(Cl)c(/C=C(\C)C(=O)NCCCCCCNC(=O)CCCCC2SCC3NC(=O)N[C@@H]32)c(OC)c2ccccc12. The van der Waals surface area contributed by atoms with Crippen molar-refractivity contribution >= 4 is 58.1 Å². The van der Waals surface area contributed by atoms with Crippen LogP contribution in [0, 0.1) is 0 Å². The van der Waals surface area contributed by atoms with E-state index in [1.165, 1.54) is 0 Å². The summed E-state index contributed by atoms with van der Waals surface area (Å²) in [5.74, 6) is 2.05. The predicted octanol–water partition coefficient (Wildman–Crippen LogP) is 5.43. The van der Waals surface area contributed by atoms with Crippen molar-refractivity contribution in [3.8, 4) is 11.5 Å². The maximum atomic E-state index is 12.8. The number of unbranched alkanes of at least 4 members (excludes halogenated alkanes) is 4. The van der Waals surface area contributed by atoms with Gasteiger partial charge in [0.05, 0.1) is 31.3 Å². The van der Waals surface area contributed by atoms with E-state index in [2.05, 4.69) is 21.3 Å². The zero-order valence-corrected chi connectivity index (χ0v) is 26.8. The number of nitrogens with one attached hydrogen (secondary N) is 4. The molecule has 2 fully saturated rings. The molecule has 0 spiro atoms. The molecule has 2 aliphatic heterocycles. The van der Waals surface area contributed by atoms with Crippen molar-refractivity contribution in [3.63, 3.8) is 0 Å². The van der Waals surface area contributed by atoms with E-state index in [1.807, 2.05) is 36.0 Å². The van der Waals surface area contributed by atoms with Crippen LogP contribution in [-0.2, 0) is 9.59 Å². The van der Waals surface area contributed by atoms with Crippen molar-refractivity contribution in [2.75, 3.05) is 33.1 Å². The van der Waals surface area contributed by atoms with E-state index < -0.39 is 0 Å². The topological polar surface area (TPSA) is 118 Å². The fraction of sp³-hybridized carbons (Fsp3) is 0.531. The summed E-state index contributed by atoms with van der Waals surface area (Å²) in [6.45, 7) is 3.00. The number of hydrogen-bond acceptors (Lipinski definition) is 6. The molecule has 2 saturated heterocycles. The van der Waals surface area contributed by atoms with Gasteiger partial charge in [-0.05, 0) is 38.7 Å². The number of halogens is 1. The van der Waals surface area contributed by atoms with Gasteiger partial charge in [0.1, 0.15) is 11.5 Å². The largest absolute Gasteiger partial charge is 0.495 e. The maximum Gasteiger partial charge on any atom is 0.315 e. The second kappa shape index (κ2) is 16.1. The van der Waals surface area contributed by atoms with E-state index in [0.717, 1.165) is 61.5 Å². The molecule has 9 nitrogen and oxygen atoms in total. The van der Waals surface area contributed by atoms with Gasteiger partial charge >= 0.3 is 6.03 Å². The Morgan fingerprint density at radius 3 is 2.35 bits per heavy atom. The lowest BCUT2D eigenvalue weighted by Gasteiger charge is -2.16. The van der Waals surface area contributed by atoms with Gasteiger partial charge in [-0.3, -0.25) is 9.59 Å². The third kappa shape index (κ3) is 8.50. The van der Waals surface area contributed by atoms with Crippen molar-refractivity contribution < 1.29 is 23.9 Å². The summed E-state index contributed by atoms with van der Waals surface area (Å²) in [7, 11) is 3.16. The van der Waals surface area contributed by atoms with Gasteiger partial charge in [-0.1, -0.05) is 55.1 Å². The zero-order chi connectivity index (χ0) is 30.8. The average Bonchev–Trinajstić information content (AvgIpc) is 3.56. The van der Waals surface area contributed by atoms with Crippen LogP contribution < -0.4 is 30.7 Å². The van der Waals surface area contributed by atoms with Crippen LogP contribution >= 0.6 is 23.4 Å². The number of ether oxygens (including phenoxy) is 2. The Hall–Kier alpha value is -3.11. The molecule has 43 heavy (non-hydrogen) atoms. The van der Waals surface area contributed by atoms with Crippen LogP contribution in [-0.4, -0.2) is 68.2 Å². The molecule has 0 bridgehead atoms. The Labute approximate surface area is 263 Å². The van der Waals surface area contributed by atoms with Crippen molar-refractivity contribution in [3.05, 3.63) is 40.4 Å². The first-order chi connectivity index (χ1) is 20.8. The number of amides is 4. The lowest BCUT2D eigenvalue weighted by molar-refractivity contribution is -0.121. The highest BCUT2D eigenvalue weighted by molar-refractivity contribution is 8.00. The van der Waals surface area contributed by atoms with E-state index in [-0.39, 0.29) is 29.9 Å². The Bertz CT molecular complexity index is 1340. The van der Waals surface area contributed by atoms with E-state index in [0.29, 0.717) is 52.4 Å². The molecule has 2 aromatic carbocycles. The number of methoxy groups -OCH3 is 2. The van der Waals surface area contributed by atoms with Gasteiger partial charge in [-0.25, -0.2) is 4.79 Å². The molecule has 234 valence electrons. The third-order valence-electron chi connectivity index (χ3n) is 8.02. The first-order valence-corrected chi connectivity index (χ1v) is 16.5. The lowest BCUT2D eigenvalue weighted by atomic mass is 10.0. The third-order valence-corrected chi connectivity index (χ3v) is 9.90. The fourth-order valence-corrected chi connectivity index (χ4v) is 7.59. The van der Waals surface area contributed by atoms with Crippen LogP contribution in [0.25, 0.3) is 16.8 Å². The van der Waals surface area contributed by atoms with E-state index in [1.54, 1.807) is 27.2 Å². The molecular weight excluding hydrogens is 588 g/mol. The zero-order valence-electron chi connectivity index (χ0n) is 25.2. The van der Waals surface area contributed by atoms with Gasteiger partial charge in [0, 0.05) is 52.4 Å². The summed E-state index contributed by atoms with van der Waals surface area (Å²) in [5.41, 5.74) is 1.13. The quantitative estimate of drug-likeness (QED) is 0.112. The molecule has 2 aromatic rings. The van der Waals surface area contributed by atoms with Crippen LogP contribution in [0.3, 0.4) is 0 Å². The first-order valence-electron chi connectivity index (χ1n) is 15.1. The predicted molar refractivity (Wildman–Crippen MR) is 174 cm³/mol. The molecule has 0 radical (unpaired) electrons. The highest BCUT2D eigenvalue weighted by Crippen LogP contribution is 2.44. The molecule has 4 rings (SSSR count). The number of carbonyl (C=O) groups excluding carboxylic acids is 3. The molecule has 4 N–H and O–H groups in total. The van der Waals surface area contributed by atoms with Gasteiger partial charge in [0.25, 0.3) is 0 Å². The Morgan fingerprint density at radius 1 is 0.977 bits per heavy atom. The molecule has 11 heteroatoms. The number of benzene rings is 2. The molecule has 0 aliphatic carbocycles. The maximum absolute atomic E-state index is 12.8. The first kappa shape index (κ1) is 32.8. The number of hydrogen-bond donors (Lipinski definition) is 4. The number of rotatable bonds is 16. The normalized spacial score (nSPS) is 19.5. The average molecular weight is 631 g/mol. The molecule has 3 atom stereocenters. The minimum absolute atomic E-state index is 0.0571. The summed E-state index contributed by atoms with van der Waals surface area (Å²) in [4.78, 5) is 36.4. The summed E-state index contributed by atoms with van der Waals surface area (Å²) in [6, 6.07) is 8.11. The van der Waals surface area contributed by atoms with Gasteiger partial charge in [-0.2, -0.15) is 11.8 Å². The Balaban J connectivity index is 1.09. The van der Waals surface area contributed by atoms with Crippen LogP contribution in [0.4, 0.5) is 4.79 Å². The van der Waals surface area contributed by atoms with E-state index in [9.17, 15) is 14.4 Å². The molecule has 2 heterocycles. The molecule has 0 aromatic heterocycles. The van der Waals surface area contributed by atoms with Gasteiger partial charge in [0.15, 0.2) is 0 Å². The Morgan fingerprint density at radius 2 is 1.65 bits per heavy atom. The van der Waals surface area contributed by atoms with Gasteiger partial charge in [-0.15, -0.1) is 0 Å². The summed E-state index contributed by atoms with van der Waals surface area (Å²) < 4.78 is 11.3. The molecule has 2 aliphatic rings. The highest BCUT2D eigenvalue weighted by Gasteiger charge is 2.42. The molecule has 4 amide bonds. The van der Waals surface area contributed by atoms with Crippen LogP contribution in [0.1, 0.15) is 63.9 Å². The van der Waals surface area contributed by atoms with Crippen LogP contribution in [0.2, 0.25) is 5.02 Å². The summed E-state index contributed by atoms with van der Waals surface area (Å²) >= 11 is 8.59. The molecule has 0 saturated carbocycles. The van der Waals surface area contributed by atoms with Gasteiger partial charge < -0.3 is 30.7 Å². The van der Waals surface area contributed by atoms with E-state index in [4.69, 9.17) is 21.1 Å². The van der Waals surface area contributed by atoms with Crippen molar-refractivity contribution in [1.29, 1.82) is 0 Å². The number of thioether (sulfide) groups is 1. The number of carbonyl (C=O) groups is 3. The number of fused-ring (bicyclic) bond motifs is 2.